The third-order valence-corrected chi connectivity index (χ3v) is 4.82. The van der Waals surface area contributed by atoms with Crippen molar-refractivity contribution in [3.8, 4) is 0 Å². The Morgan fingerprint density at radius 2 is 2.05 bits per heavy atom. The molecule has 0 aromatic heterocycles. The van der Waals surface area contributed by atoms with E-state index in [9.17, 15) is 0 Å². The second-order valence-electron chi connectivity index (χ2n) is 6.45. The summed E-state index contributed by atoms with van der Waals surface area (Å²) in [5.41, 5.74) is 0. The molecule has 1 aliphatic heterocycles. The maximum absolute atomic E-state index is 5.96. The molecule has 1 saturated carbocycles. The summed E-state index contributed by atoms with van der Waals surface area (Å²) in [6.45, 7) is 10.1. The Balaban J connectivity index is 1.81. The van der Waals surface area contributed by atoms with Crippen molar-refractivity contribution in [3.63, 3.8) is 0 Å². The maximum atomic E-state index is 5.96. The Bertz CT molecular complexity index is 257. The number of morpholine rings is 1. The van der Waals surface area contributed by atoms with Crippen LogP contribution in [0.5, 0.6) is 0 Å². The number of rotatable bonds is 6. The van der Waals surface area contributed by atoms with Gasteiger partial charge in [0.2, 0.25) is 0 Å². The fraction of sp³-hybridized carbons (Fsp3) is 1.00. The van der Waals surface area contributed by atoms with E-state index in [2.05, 4.69) is 31.0 Å². The molecule has 0 radical (unpaired) electrons. The molecule has 0 aromatic carbocycles. The van der Waals surface area contributed by atoms with Gasteiger partial charge in [-0.05, 0) is 33.1 Å². The molecular formula is C16H32N2O. The van der Waals surface area contributed by atoms with E-state index in [1.54, 1.807) is 0 Å². The zero-order chi connectivity index (χ0) is 13.7. The third-order valence-electron chi connectivity index (χ3n) is 4.82. The van der Waals surface area contributed by atoms with Crippen LogP contribution in [0.1, 0.15) is 59.3 Å². The molecule has 3 nitrogen and oxygen atoms in total. The Hall–Kier alpha value is -0.120. The first-order valence-electron chi connectivity index (χ1n) is 8.33. The summed E-state index contributed by atoms with van der Waals surface area (Å²) in [4.78, 5) is 2.71. The summed E-state index contributed by atoms with van der Waals surface area (Å²) < 4.78 is 5.96. The van der Waals surface area contributed by atoms with E-state index in [1.807, 2.05) is 0 Å². The summed E-state index contributed by atoms with van der Waals surface area (Å²) in [5.74, 6) is 0. The highest BCUT2D eigenvalue weighted by Crippen LogP contribution is 2.29. The molecule has 19 heavy (non-hydrogen) atoms. The minimum Gasteiger partial charge on any atom is -0.375 e. The first-order valence-corrected chi connectivity index (χ1v) is 8.33. The number of ether oxygens (including phenoxy) is 1. The fourth-order valence-electron chi connectivity index (χ4n) is 3.70. The maximum Gasteiger partial charge on any atom is 0.0731 e. The SMILES string of the molecule is CCCC(C)NCC(C)N1CCOC2CCCCC21. The molecule has 112 valence electrons. The lowest BCUT2D eigenvalue weighted by molar-refractivity contribution is -0.0999. The highest BCUT2D eigenvalue weighted by Gasteiger charge is 2.36. The van der Waals surface area contributed by atoms with Crippen LogP contribution in [0.2, 0.25) is 0 Å². The van der Waals surface area contributed by atoms with Gasteiger partial charge in [-0.3, -0.25) is 4.90 Å². The Morgan fingerprint density at radius 3 is 2.84 bits per heavy atom. The smallest absolute Gasteiger partial charge is 0.0731 e. The summed E-state index contributed by atoms with van der Waals surface area (Å²) in [6, 6.07) is 1.96. The Morgan fingerprint density at radius 1 is 1.26 bits per heavy atom. The molecular weight excluding hydrogens is 236 g/mol. The van der Waals surface area contributed by atoms with Gasteiger partial charge in [-0.25, -0.2) is 0 Å². The molecule has 1 heterocycles. The largest absolute Gasteiger partial charge is 0.375 e. The summed E-state index contributed by atoms with van der Waals surface area (Å²) in [7, 11) is 0. The molecule has 1 N–H and O–H groups in total. The lowest BCUT2D eigenvalue weighted by Gasteiger charge is -2.46. The standard InChI is InChI=1S/C16H32N2O/c1-4-7-13(2)17-12-14(3)18-10-11-19-16-9-6-5-8-15(16)18/h13-17H,4-12H2,1-3H3. The number of hydrogen-bond acceptors (Lipinski definition) is 3. The van der Waals surface area contributed by atoms with Gasteiger partial charge in [0.15, 0.2) is 0 Å². The normalized spacial score (nSPS) is 31.7. The monoisotopic (exact) mass is 268 g/mol. The van der Waals surface area contributed by atoms with Crippen molar-refractivity contribution in [1.82, 2.24) is 10.2 Å². The van der Waals surface area contributed by atoms with Crippen LogP contribution in [-0.4, -0.2) is 48.8 Å². The second-order valence-corrected chi connectivity index (χ2v) is 6.45. The van der Waals surface area contributed by atoms with Gasteiger partial charge in [-0.1, -0.05) is 26.2 Å². The van der Waals surface area contributed by atoms with Gasteiger partial charge in [-0.15, -0.1) is 0 Å². The number of nitrogens with zero attached hydrogens (tertiary/aromatic N) is 1. The minimum atomic E-state index is 0.512. The molecule has 4 atom stereocenters. The summed E-state index contributed by atoms with van der Waals surface area (Å²) in [6.07, 6.45) is 8.40. The lowest BCUT2D eigenvalue weighted by Crippen LogP contribution is -2.57. The molecule has 1 aliphatic carbocycles. The van der Waals surface area contributed by atoms with E-state index in [0.717, 1.165) is 19.7 Å². The predicted molar refractivity (Wildman–Crippen MR) is 80.5 cm³/mol. The Kier molecular flexibility index (Phi) is 6.11. The molecule has 3 heteroatoms. The van der Waals surface area contributed by atoms with E-state index < -0.39 is 0 Å². The van der Waals surface area contributed by atoms with Crippen LogP contribution in [-0.2, 0) is 4.74 Å². The van der Waals surface area contributed by atoms with Crippen molar-refractivity contribution in [2.75, 3.05) is 19.7 Å². The topological polar surface area (TPSA) is 24.5 Å². The van der Waals surface area contributed by atoms with E-state index >= 15 is 0 Å². The molecule has 0 spiro atoms. The molecule has 2 aliphatic rings. The highest BCUT2D eigenvalue weighted by molar-refractivity contribution is 4.90. The van der Waals surface area contributed by atoms with Crippen LogP contribution in [0.15, 0.2) is 0 Å². The van der Waals surface area contributed by atoms with Crippen molar-refractivity contribution >= 4 is 0 Å². The molecule has 0 amide bonds. The van der Waals surface area contributed by atoms with Crippen LogP contribution in [0.4, 0.5) is 0 Å². The van der Waals surface area contributed by atoms with Gasteiger partial charge in [-0.2, -0.15) is 0 Å². The molecule has 0 bridgehead atoms. The van der Waals surface area contributed by atoms with Crippen LogP contribution >= 0.6 is 0 Å². The molecule has 1 saturated heterocycles. The van der Waals surface area contributed by atoms with Crippen LogP contribution < -0.4 is 5.32 Å². The molecule has 4 unspecified atom stereocenters. The van der Waals surface area contributed by atoms with Crippen molar-refractivity contribution in [2.45, 2.75) is 83.5 Å². The highest BCUT2D eigenvalue weighted by atomic mass is 16.5. The van der Waals surface area contributed by atoms with E-state index in [-0.39, 0.29) is 0 Å². The predicted octanol–water partition coefficient (Wildman–Crippen LogP) is 2.80. The summed E-state index contributed by atoms with van der Waals surface area (Å²) in [5, 5.41) is 3.69. The van der Waals surface area contributed by atoms with Gasteiger partial charge in [0, 0.05) is 31.2 Å². The first kappa shape index (κ1) is 15.3. The van der Waals surface area contributed by atoms with Gasteiger partial charge >= 0.3 is 0 Å². The third kappa shape index (κ3) is 4.17. The second kappa shape index (κ2) is 7.61. The molecule has 0 aromatic rings. The minimum absolute atomic E-state index is 0.512. The number of hydrogen-bond donors (Lipinski definition) is 1. The number of nitrogens with one attached hydrogen (secondary N) is 1. The van der Waals surface area contributed by atoms with E-state index in [0.29, 0.717) is 24.2 Å². The average Bonchev–Trinajstić information content (AvgIpc) is 2.44. The van der Waals surface area contributed by atoms with Crippen molar-refractivity contribution in [3.05, 3.63) is 0 Å². The van der Waals surface area contributed by atoms with Crippen molar-refractivity contribution in [1.29, 1.82) is 0 Å². The quantitative estimate of drug-likeness (QED) is 0.801. The van der Waals surface area contributed by atoms with E-state index in [1.165, 1.54) is 38.5 Å². The first-order chi connectivity index (χ1) is 9.22. The van der Waals surface area contributed by atoms with Gasteiger partial charge in [0.25, 0.3) is 0 Å². The lowest BCUT2D eigenvalue weighted by atomic mass is 9.89. The van der Waals surface area contributed by atoms with Crippen molar-refractivity contribution in [2.24, 2.45) is 0 Å². The Labute approximate surface area is 119 Å². The van der Waals surface area contributed by atoms with Gasteiger partial charge < -0.3 is 10.1 Å². The molecule has 2 rings (SSSR count). The fourth-order valence-corrected chi connectivity index (χ4v) is 3.70. The van der Waals surface area contributed by atoms with Crippen LogP contribution in [0, 0.1) is 0 Å². The number of fused-ring (bicyclic) bond motifs is 1. The van der Waals surface area contributed by atoms with E-state index in [4.69, 9.17) is 4.74 Å². The average molecular weight is 268 g/mol. The van der Waals surface area contributed by atoms with Gasteiger partial charge in [0.05, 0.1) is 12.7 Å². The van der Waals surface area contributed by atoms with Gasteiger partial charge in [0.1, 0.15) is 0 Å². The van der Waals surface area contributed by atoms with Crippen LogP contribution in [0.25, 0.3) is 0 Å². The molecule has 2 fully saturated rings. The summed E-state index contributed by atoms with van der Waals surface area (Å²) >= 11 is 0. The zero-order valence-corrected chi connectivity index (χ0v) is 13.0. The zero-order valence-electron chi connectivity index (χ0n) is 13.0. The van der Waals surface area contributed by atoms with Crippen molar-refractivity contribution < 1.29 is 4.74 Å². The van der Waals surface area contributed by atoms with Crippen LogP contribution in [0.3, 0.4) is 0 Å².